The number of sulfonamides is 1. The molecule has 2 aromatic rings. The Morgan fingerprint density at radius 1 is 1.19 bits per heavy atom. The van der Waals surface area contributed by atoms with E-state index in [1.165, 1.54) is 11.3 Å². The molecule has 21 heavy (non-hydrogen) atoms. The SMILES string of the molecule is CNCc1sccc1S(=O)(=O)NCc1ccccc1OC. The highest BCUT2D eigenvalue weighted by atomic mass is 32.2. The number of thiophene rings is 1. The standard InChI is InChI=1S/C14H18N2O3S2/c1-15-10-13-14(7-8-20-13)21(17,18)16-9-11-5-3-4-6-12(11)19-2/h3-8,15-16H,9-10H2,1-2H3. The van der Waals surface area contributed by atoms with Gasteiger partial charge in [0.15, 0.2) is 0 Å². The van der Waals surface area contributed by atoms with Crippen molar-refractivity contribution in [3.8, 4) is 5.75 Å². The number of ether oxygens (including phenoxy) is 1. The first kappa shape index (κ1) is 16.0. The van der Waals surface area contributed by atoms with E-state index in [4.69, 9.17) is 4.74 Å². The summed E-state index contributed by atoms with van der Waals surface area (Å²) in [5.74, 6) is 0.668. The highest BCUT2D eigenvalue weighted by Crippen LogP contribution is 2.23. The van der Waals surface area contributed by atoms with Crippen molar-refractivity contribution in [2.45, 2.75) is 18.0 Å². The van der Waals surface area contributed by atoms with Crippen LogP contribution >= 0.6 is 11.3 Å². The lowest BCUT2D eigenvalue weighted by Crippen LogP contribution is -2.24. The highest BCUT2D eigenvalue weighted by molar-refractivity contribution is 7.89. The van der Waals surface area contributed by atoms with Crippen molar-refractivity contribution in [1.82, 2.24) is 10.0 Å². The molecule has 7 heteroatoms. The van der Waals surface area contributed by atoms with Crippen LogP contribution in [0.2, 0.25) is 0 Å². The Morgan fingerprint density at radius 2 is 1.95 bits per heavy atom. The van der Waals surface area contributed by atoms with Gasteiger partial charge in [0, 0.05) is 23.5 Å². The van der Waals surface area contributed by atoms with Crippen LogP contribution in [-0.4, -0.2) is 22.6 Å². The zero-order valence-electron chi connectivity index (χ0n) is 11.9. The minimum Gasteiger partial charge on any atom is -0.496 e. The fraction of sp³-hybridized carbons (Fsp3) is 0.286. The third kappa shape index (κ3) is 3.82. The summed E-state index contributed by atoms with van der Waals surface area (Å²) in [6.45, 7) is 0.726. The van der Waals surface area contributed by atoms with Crippen LogP contribution < -0.4 is 14.8 Å². The molecule has 114 valence electrons. The molecular formula is C14H18N2O3S2. The molecule has 0 bridgehead atoms. The lowest BCUT2D eigenvalue weighted by molar-refractivity contribution is 0.409. The van der Waals surface area contributed by atoms with E-state index in [2.05, 4.69) is 10.0 Å². The van der Waals surface area contributed by atoms with Gasteiger partial charge in [-0.05, 0) is 24.6 Å². The predicted octanol–water partition coefficient (Wildman–Crippen LogP) is 1.95. The van der Waals surface area contributed by atoms with Crippen molar-refractivity contribution in [3.05, 3.63) is 46.2 Å². The zero-order valence-corrected chi connectivity index (χ0v) is 13.6. The second-order valence-corrected chi connectivity index (χ2v) is 7.11. The van der Waals surface area contributed by atoms with Crippen LogP contribution in [0.3, 0.4) is 0 Å². The Balaban J connectivity index is 2.16. The van der Waals surface area contributed by atoms with E-state index in [1.54, 1.807) is 31.7 Å². The van der Waals surface area contributed by atoms with Crippen LogP contribution in [0.15, 0.2) is 40.6 Å². The van der Waals surface area contributed by atoms with Gasteiger partial charge in [-0.25, -0.2) is 13.1 Å². The minimum atomic E-state index is -3.53. The number of para-hydroxylation sites is 1. The molecule has 5 nitrogen and oxygen atoms in total. The van der Waals surface area contributed by atoms with E-state index < -0.39 is 10.0 Å². The lowest BCUT2D eigenvalue weighted by atomic mass is 10.2. The first-order valence-corrected chi connectivity index (χ1v) is 8.77. The average molecular weight is 326 g/mol. The smallest absolute Gasteiger partial charge is 0.242 e. The summed E-state index contributed by atoms with van der Waals surface area (Å²) >= 11 is 1.42. The lowest BCUT2D eigenvalue weighted by Gasteiger charge is -2.10. The molecule has 0 aliphatic carbocycles. The van der Waals surface area contributed by atoms with Crippen LogP contribution in [0.25, 0.3) is 0 Å². The summed E-state index contributed by atoms with van der Waals surface area (Å²) in [6, 6.07) is 8.97. The number of rotatable bonds is 7. The summed E-state index contributed by atoms with van der Waals surface area (Å²) in [7, 11) is -0.171. The van der Waals surface area contributed by atoms with Crippen molar-refractivity contribution >= 4 is 21.4 Å². The topological polar surface area (TPSA) is 67.4 Å². The number of hydrogen-bond donors (Lipinski definition) is 2. The normalized spacial score (nSPS) is 11.5. The summed E-state index contributed by atoms with van der Waals surface area (Å²) in [6.07, 6.45) is 0. The van der Waals surface area contributed by atoms with Crippen molar-refractivity contribution in [1.29, 1.82) is 0 Å². The van der Waals surface area contributed by atoms with Gasteiger partial charge in [-0.1, -0.05) is 18.2 Å². The molecule has 0 aliphatic rings. The van der Waals surface area contributed by atoms with Gasteiger partial charge >= 0.3 is 0 Å². The van der Waals surface area contributed by atoms with E-state index >= 15 is 0 Å². The molecule has 0 atom stereocenters. The molecular weight excluding hydrogens is 308 g/mol. The molecule has 1 aromatic heterocycles. The van der Waals surface area contributed by atoms with Crippen molar-refractivity contribution < 1.29 is 13.2 Å². The van der Waals surface area contributed by atoms with Gasteiger partial charge < -0.3 is 10.1 Å². The first-order valence-electron chi connectivity index (χ1n) is 6.41. The van der Waals surface area contributed by atoms with E-state index in [0.29, 0.717) is 17.2 Å². The number of hydrogen-bond acceptors (Lipinski definition) is 5. The number of methoxy groups -OCH3 is 1. The van der Waals surface area contributed by atoms with Gasteiger partial charge in [-0.2, -0.15) is 0 Å². The summed E-state index contributed by atoms with van der Waals surface area (Å²) < 4.78 is 32.6. The Bertz CT molecular complexity index is 696. The third-order valence-electron chi connectivity index (χ3n) is 2.98. The van der Waals surface area contributed by atoms with Crippen molar-refractivity contribution in [3.63, 3.8) is 0 Å². The maximum atomic E-state index is 12.4. The van der Waals surface area contributed by atoms with Crippen LogP contribution in [0.4, 0.5) is 0 Å². The molecule has 2 rings (SSSR count). The second kappa shape index (κ2) is 7.04. The molecule has 2 N–H and O–H groups in total. The van der Waals surface area contributed by atoms with Gasteiger partial charge in [0.2, 0.25) is 10.0 Å². The Morgan fingerprint density at radius 3 is 2.67 bits per heavy atom. The van der Waals surface area contributed by atoms with Crippen molar-refractivity contribution in [2.24, 2.45) is 0 Å². The Kier molecular flexibility index (Phi) is 5.35. The zero-order chi connectivity index (χ0) is 15.3. The molecule has 0 unspecified atom stereocenters. The molecule has 0 aliphatic heterocycles. The van der Waals surface area contributed by atoms with Gasteiger partial charge in [-0.3, -0.25) is 0 Å². The molecule has 1 aromatic carbocycles. The molecule has 0 saturated heterocycles. The van der Waals surface area contributed by atoms with Gasteiger partial charge in [0.05, 0.1) is 12.0 Å². The van der Waals surface area contributed by atoms with Crippen LogP contribution in [0, 0.1) is 0 Å². The average Bonchev–Trinajstić information content (AvgIpc) is 2.95. The monoisotopic (exact) mass is 326 g/mol. The number of benzene rings is 1. The highest BCUT2D eigenvalue weighted by Gasteiger charge is 2.19. The molecule has 0 fully saturated rings. The molecule has 1 heterocycles. The summed E-state index contributed by atoms with van der Waals surface area (Å²) in [5, 5.41) is 4.75. The van der Waals surface area contributed by atoms with E-state index in [1.807, 2.05) is 18.2 Å². The fourth-order valence-corrected chi connectivity index (χ4v) is 4.42. The Hall–Kier alpha value is -1.41. The molecule has 0 radical (unpaired) electrons. The van der Waals surface area contributed by atoms with Crippen LogP contribution in [0.5, 0.6) is 5.75 Å². The molecule has 0 amide bonds. The molecule has 0 spiro atoms. The quantitative estimate of drug-likeness (QED) is 0.816. The van der Waals surface area contributed by atoms with E-state index in [9.17, 15) is 8.42 Å². The van der Waals surface area contributed by atoms with Gasteiger partial charge in [0.25, 0.3) is 0 Å². The largest absolute Gasteiger partial charge is 0.496 e. The first-order chi connectivity index (χ1) is 10.1. The van der Waals surface area contributed by atoms with Gasteiger partial charge in [0.1, 0.15) is 5.75 Å². The minimum absolute atomic E-state index is 0.196. The summed E-state index contributed by atoms with van der Waals surface area (Å²) in [5.41, 5.74) is 0.800. The van der Waals surface area contributed by atoms with Gasteiger partial charge in [-0.15, -0.1) is 11.3 Å². The van der Waals surface area contributed by atoms with E-state index in [-0.39, 0.29) is 6.54 Å². The molecule has 0 saturated carbocycles. The second-order valence-electron chi connectivity index (χ2n) is 4.37. The van der Waals surface area contributed by atoms with Crippen molar-refractivity contribution in [2.75, 3.05) is 14.2 Å². The maximum Gasteiger partial charge on any atom is 0.242 e. The van der Waals surface area contributed by atoms with E-state index in [0.717, 1.165) is 10.4 Å². The Labute approximate surface area is 129 Å². The van der Waals surface area contributed by atoms with Crippen LogP contribution in [-0.2, 0) is 23.1 Å². The predicted molar refractivity (Wildman–Crippen MR) is 84.1 cm³/mol. The fourth-order valence-electron chi connectivity index (χ4n) is 1.96. The number of nitrogens with one attached hydrogen (secondary N) is 2. The third-order valence-corrected chi connectivity index (χ3v) is 5.51. The summed E-state index contributed by atoms with van der Waals surface area (Å²) in [4.78, 5) is 1.13. The van der Waals surface area contributed by atoms with Crippen LogP contribution in [0.1, 0.15) is 10.4 Å². The maximum absolute atomic E-state index is 12.4.